The minimum absolute atomic E-state index is 0.0132. The molecule has 0 aliphatic rings. The maximum absolute atomic E-state index is 12.0. The fraction of sp³-hybridized carbons (Fsp3) is 0.316. The molecule has 0 aromatic heterocycles. The first-order chi connectivity index (χ1) is 12.9. The molecular weight excluding hydrogens is 350 g/mol. The molecule has 0 saturated carbocycles. The summed E-state index contributed by atoms with van der Waals surface area (Å²) in [5, 5.41) is 14.2. The highest BCUT2D eigenvalue weighted by atomic mass is 16.6. The Morgan fingerprint density at radius 1 is 1.22 bits per heavy atom. The van der Waals surface area contributed by atoms with E-state index in [9.17, 15) is 14.9 Å². The van der Waals surface area contributed by atoms with Crippen molar-refractivity contribution in [3.8, 4) is 5.75 Å². The second-order valence-corrected chi connectivity index (χ2v) is 6.12. The summed E-state index contributed by atoms with van der Waals surface area (Å²) in [5.41, 5.74) is 1.46. The van der Waals surface area contributed by atoms with E-state index in [1.165, 1.54) is 25.3 Å². The van der Waals surface area contributed by atoms with Gasteiger partial charge in [0.15, 0.2) is 0 Å². The second kappa shape index (κ2) is 9.00. The van der Waals surface area contributed by atoms with Crippen molar-refractivity contribution < 1.29 is 19.2 Å². The predicted molar refractivity (Wildman–Crippen MR) is 102 cm³/mol. The molecular formula is C19H23N3O5. The summed E-state index contributed by atoms with van der Waals surface area (Å²) in [4.78, 5) is 24.5. The molecule has 2 aromatic rings. The van der Waals surface area contributed by atoms with E-state index in [1.807, 2.05) is 43.3 Å². The number of nitro groups is 1. The van der Waals surface area contributed by atoms with E-state index < -0.39 is 10.9 Å². The van der Waals surface area contributed by atoms with E-state index in [-0.39, 0.29) is 17.3 Å². The lowest BCUT2D eigenvalue weighted by Crippen LogP contribution is -2.27. The van der Waals surface area contributed by atoms with E-state index >= 15 is 0 Å². The highest BCUT2D eigenvalue weighted by molar-refractivity contribution is 5.96. The van der Waals surface area contributed by atoms with Gasteiger partial charge in [0.1, 0.15) is 5.75 Å². The van der Waals surface area contributed by atoms with Crippen molar-refractivity contribution >= 4 is 17.3 Å². The number of anilines is 1. The first kappa shape index (κ1) is 20.2. The smallest absolute Gasteiger partial charge is 0.340 e. The number of carbonyl (C=O) groups is 1. The zero-order chi connectivity index (χ0) is 20.0. The van der Waals surface area contributed by atoms with Crippen molar-refractivity contribution in [1.29, 1.82) is 0 Å². The zero-order valence-electron chi connectivity index (χ0n) is 15.8. The number of nitro benzene ring substituents is 1. The van der Waals surface area contributed by atoms with Crippen LogP contribution in [0.4, 0.5) is 11.4 Å². The Labute approximate surface area is 157 Å². The highest BCUT2D eigenvalue weighted by Crippen LogP contribution is 2.26. The molecule has 0 radical (unpaired) electrons. The summed E-state index contributed by atoms with van der Waals surface area (Å²) in [5.74, 6) is 0.119. The Kier molecular flexibility index (Phi) is 6.73. The SMILES string of the molecule is COC(=O)c1cc([N+](=O)[O-])ccc1NCC(c1cccc(OC)c1)N(C)C. The third-order valence-electron chi connectivity index (χ3n) is 4.21. The number of non-ortho nitro benzene ring substituents is 1. The number of nitrogens with zero attached hydrogens (tertiary/aromatic N) is 2. The molecule has 27 heavy (non-hydrogen) atoms. The van der Waals surface area contributed by atoms with Gasteiger partial charge in [-0.2, -0.15) is 0 Å². The summed E-state index contributed by atoms with van der Waals surface area (Å²) >= 11 is 0. The Bertz CT molecular complexity index is 823. The van der Waals surface area contributed by atoms with E-state index in [4.69, 9.17) is 9.47 Å². The number of carbonyl (C=O) groups excluding carboxylic acids is 1. The van der Waals surface area contributed by atoms with Crippen molar-refractivity contribution in [2.45, 2.75) is 6.04 Å². The molecule has 1 N–H and O–H groups in total. The van der Waals surface area contributed by atoms with Gasteiger partial charge in [-0.3, -0.25) is 10.1 Å². The van der Waals surface area contributed by atoms with Crippen LogP contribution in [-0.4, -0.2) is 50.7 Å². The van der Waals surface area contributed by atoms with Crippen LogP contribution in [0.25, 0.3) is 0 Å². The molecule has 0 spiro atoms. The van der Waals surface area contributed by atoms with Gasteiger partial charge in [-0.15, -0.1) is 0 Å². The monoisotopic (exact) mass is 373 g/mol. The third kappa shape index (κ3) is 4.95. The molecule has 8 nitrogen and oxygen atoms in total. The topological polar surface area (TPSA) is 93.9 Å². The van der Waals surface area contributed by atoms with Crippen LogP contribution in [0, 0.1) is 10.1 Å². The Morgan fingerprint density at radius 2 is 1.96 bits per heavy atom. The second-order valence-electron chi connectivity index (χ2n) is 6.12. The fourth-order valence-corrected chi connectivity index (χ4v) is 2.73. The van der Waals surface area contributed by atoms with Crippen molar-refractivity contribution in [3.05, 3.63) is 63.7 Å². The van der Waals surface area contributed by atoms with E-state index in [0.717, 1.165) is 11.3 Å². The lowest BCUT2D eigenvalue weighted by Gasteiger charge is -2.26. The molecule has 0 aliphatic carbocycles. The number of hydrogen-bond acceptors (Lipinski definition) is 7. The van der Waals surface area contributed by atoms with Crippen LogP contribution in [0.1, 0.15) is 22.0 Å². The molecule has 144 valence electrons. The summed E-state index contributed by atoms with van der Waals surface area (Å²) in [6, 6.07) is 11.8. The van der Waals surface area contributed by atoms with Crippen molar-refractivity contribution in [2.24, 2.45) is 0 Å². The maximum atomic E-state index is 12.0. The molecule has 0 saturated heterocycles. The number of esters is 1. The van der Waals surface area contributed by atoms with Crippen molar-refractivity contribution in [2.75, 3.05) is 40.2 Å². The number of nitrogens with one attached hydrogen (secondary N) is 1. The molecule has 8 heteroatoms. The van der Waals surface area contributed by atoms with E-state index in [0.29, 0.717) is 12.2 Å². The van der Waals surface area contributed by atoms with Crippen LogP contribution >= 0.6 is 0 Å². The quantitative estimate of drug-likeness (QED) is 0.432. The molecule has 2 rings (SSSR count). The van der Waals surface area contributed by atoms with Gasteiger partial charge in [0.05, 0.1) is 30.7 Å². The van der Waals surface area contributed by atoms with E-state index in [1.54, 1.807) is 7.11 Å². The highest BCUT2D eigenvalue weighted by Gasteiger charge is 2.20. The van der Waals surface area contributed by atoms with Crippen molar-refractivity contribution in [1.82, 2.24) is 4.90 Å². The van der Waals surface area contributed by atoms with Crippen LogP contribution < -0.4 is 10.1 Å². The van der Waals surface area contributed by atoms with Gasteiger partial charge in [-0.25, -0.2) is 4.79 Å². The molecule has 0 aliphatic heterocycles. The molecule has 2 aromatic carbocycles. The lowest BCUT2D eigenvalue weighted by molar-refractivity contribution is -0.384. The first-order valence-electron chi connectivity index (χ1n) is 8.28. The first-order valence-corrected chi connectivity index (χ1v) is 8.28. The molecule has 0 amide bonds. The van der Waals surface area contributed by atoms with Gasteiger partial charge in [0.2, 0.25) is 0 Å². The normalized spacial score (nSPS) is 11.7. The molecule has 1 unspecified atom stereocenters. The Balaban J connectivity index is 2.28. The minimum atomic E-state index is -0.635. The number of methoxy groups -OCH3 is 2. The standard InChI is InChI=1S/C19H23N3O5/c1-21(2)18(13-6-5-7-15(10-13)26-3)12-20-17-9-8-14(22(24)25)11-16(17)19(23)27-4/h5-11,18,20H,12H2,1-4H3. The maximum Gasteiger partial charge on any atom is 0.340 e. The van der Waals surface area contributed by atoms with Gasteiger partial charge >= 0.3 is 5.97 Å². The molecule has 0 heterocycles. The van der Waals surface area contributed by atoms with Gasteiger partial charge < -0.3 is 19.7 Å². The van der Waals surface area contributed by atoms with Crippen LogP contribution in [-0.2, 0) is 4.74 Å². The fourth-order valence-electron chi connectivity index (χ4n) is 2.73. The van der Waals surface area contributed by atoms with Gasteiger partial charge in [0.25, 0.3) is 5.69 Å². The van der Waals surface area contributed by atoms with E-state index in [2.05, 4.69) is 5.32 Å². The minimum Gasteiger partial charge on any atom is -0.497 e. The predicted octanol–water partition coefficient (Wildman–Crippen LogP) is 3.10. The summed E-state index contributed by atoms with van der Waals surface area (Å²) in [7, 11) is 6.75. The average Bonchev–Trinajstić information content (AvgIpc) is 2.67. The van der Waals surface area contributed by atoms with Crippen LogP contribution in [0.3, 0.4) is 0 Å². The summed E-state index contributed by atoms with van der Waals surface area (Å²) in [6.07, 6.45) is 0. The third-order valence-corrected chi connectivity index (χ3v) is 4.21. The largest absolute Gasteiger partial charge is 0.497 e. The average molecular weight is 373 g/mol. The van der Waals surface area contributed by atoms with Crippen LogP contribution in [0.15, 0.2) is 42.5 Å². The Morgan fingerprint density at radius 3 is 2.56 bits per heavy atom. The number of rotatable bonds is 8. The van der Waals surface area contributed by atoms with Crippen molar-refractivity contribution in [3.63, 3.8) is 0 Å². The summed E-state index contributed by atoms with van der Waals surface area (Å²) in [6.45, 7) is 0.474. The Hall–Kier alpha value is -3.13. The van der Waals surface area contributed by atoms with Crippen LogP contribution in [0.5, 0.6) is 5.75 Å². The molecule has 0 fully saturated rings. The lowest BCUT2D eigenvalue weighted by atomic mass is 10.0. The number of ether oxygens (including phenoxy) is 2. The molecule has 0 bridgehead atoms. The zero-order valence-corrected chi connectivity index (χ0v) is 15.8. The number of benzene rings is 2. The number of hydrogen-bond donors (Lipinski definition) is 1. The van der Waals surface area contributed by atoms with Gasteiger partial charge in [0, 0.05) is 24.4 Å². The van der Waals surface area contributed by atoms with Gasteiger partial charge in [-0.05, 0) is 37.9 Å². The van der Waals surface area contributed by atoms with Gasteiger partial charge in [-0.1, -0.05) is 12.1 Å². The number of likely N-dealkylation sites (N-methyl/N-ethyl adjacent to an activating group) is 1. The summed E-state index contributed by atoms with van der Waals surface area (Å²) < 4.78 is 10.0. The molecule has 1 atom stereocenters. The van der Waals surface area contributed by atoms with Crippen LogP contribution in [0.2, 0.25) is 0 Å².